The Labute approximate surface area is 210 Å². The van der Waals surface area contributed by atoms with Gasteiger partial charge in [-0.3, -0.25) is 0 Å². The average Bonchev–Trinajstić information content (AvgIpc) is 3.78. The van der Waals surface area contributed by atoms with Crippen molar-refractivity contribution < 1.29 is 38.6 Å². The highest BCUT2D eigenvalue weighted by atomic mass is 16.6. The van der Waals surface area contributed by atoms with Gasteiger partial charge in [-0.1, -0.05) is 13.8 Å². The molecule has 4 unspecified atom stereocenters. The Morgan fingerprint density at radius 3 is 1.37 bits per heavy atom. The van der Waals surface area contributed by atoms with Crippen molar-refractivity contribution in [2.24, 2.45) is 17.3 Å². The molecule has 0 spiro atoms. The predicted molar refractivity (Wildman–Crippen MR) is 130 cm³/mol. The Hall–Kier alpha value is -0.320. The molecule has 4 fully saturated rings. The molecule has 2 saturated carbocycles. The third-order valence-corrected chi connectivity index (χ3v) is 8.53. The van der Waals surface area contributed by atoms with Crippen LogP contribution in [0.2, 0.25) is 0 Å². The van der Waals surface area contributed by atoms with Crippen molar-refractivity contribution in [1.82, 2.24) is 0 Å². The summed E-state index contributed by atoms with van der Waals surface area (Å²) in [5.74, 6) is 1.43. The minimum Gasteiger partial charge on any atom is -0.388 e. The molecule has 2 aliphatic heterocycles. The van der Waals surface area contributed by atoms with Gasteiger partial charge in [-0.05, 0) is 68.6 Å². The summed E-state index contributed by atoms with van der Waals surface area (Å²) >= 11 is 0. The molecule has 2 saturated heterocycles. The minimum atomic E-state index is -0.564. The van der Waals surface area contributed by atoms with Crippen LogP contribution in [0, 0.1) is 17.3 Å². The molecular formula is C27H48O8. The summed E-state index contributed by atoms with van der Waals surface area (Å²) in [5, 5.41) is 20.2. The molecule has 2 heterocycles. The quantitative estimate of drug-likeness (QED) is 0.312. The summed E-state index contributed by atoms with van der Waals surface area (Å²) in [6, 6.07) is 0. The standard InChI is InChI=1S/C27H48O8/c1-27(2,19-3-7-23(8-4-19)32-13-21(28)11-30-15-25-17-34-25)20-5-9-24(10-6-20)33-14-22(29)12-31-16-26-18-35-26/h19-26,28-29H,3-18H2,1-2H3. The zero-order chi connectivity index (χ0) is 24.7. The Kier molecular flexibility index (Phi) is 10.7. The number of hydrogen-bond donors (Lipinski definition) is 2. The van der Waals surface area contributed by atoms with Crippen LogP contribution in [0.5, 0.6) is 0 Å². The van der Waals surface area contributed by atoms with E-state index in [2.05, 4.69) is 13.8 Å². The lowest BCUT2D eigenvalue weighted by molar-refractivity contribution is -0.0760. The van der Waals surface area contributed by atoms with Gasteiger partial charge < -0.3 is 38.6 Å². The maximum atomic E-state index is 10.1. The van der Waals surface area contributed by atoms with Gasteiger partial charge in [0.25, 0.3) is 0 Å². The molecule has 4 rings (SSSR count). The average molecular weight is 501 g/mol. The smallest absolute Gasteiger partial charge is 0.104 e. The van der Waals surface area contributed by atoms with Crippen LogP contribution >= 0.6 is 0 Å². The topological polar surface area (TPSA) is 102 Å². The van der Waals surface area contributed by atoms with Crippen molar-refractivity contribution in [2.45, 2.75) is 102 Å². The van der Waals surface area contributed by atoms with E-state index in [0.717, 1.165) is 38.9 Å². The molecular weight excluding hydrogens is 452 g/mol. The Balaban J connectivity index is 1.06. The van der Waals surface area contributed by atoms with E-state index in [-0.39, 0.29) is 24.4 Å². The lowest BCUT2D eigenvalue weighted by Gasteiger charge is -2.46. The predicted octanol–water partition coefficient (Wildman–Crippen LogP) is 2.72. The van der Waals surface area contributed by atoms with Gasteiger partial charge in [0.1, 0.15) is 24.4 Å². The van der Waals surface area contributed by atoms with E-state index in [1.54, 1.807) is 0 Å². The number of epoxide rings is 2. The van der Waals surface area contributed by atoms with Crippen LogP contribution < -0.4 is 0 Å². The highest BCUT2D eigenvalue weighted by molar-refractivity contribution is 4.91. The first-order chi connectivity index (χ1) is 16.9. The van der Waals surface area contributed by atoms with Crippen molar-refractivity contribution in [3.05, 3.63) is 0 Å². The van der Waals surface area contributed by atoms with E-state index < -0.39 is 12.2 Å². The maximum Gasteiger partial charge on any atom is 0.104 e. The second kappa shape index (κ2) is 13.5. The van der Waals surface area contributed by atoms with Crippen molar-refractivity contribution in [2.75, 3.05) is 52.9 Å². The highest BCUT2D eigenvalue weighted by Gasteiger charge is 2.41. The van der Waals surface area contributed by atoms with Gasteiger partial charge in [-0.15, -0.1) is 0 Å². The zero-order valence-electron chi connectivity index (χ0n) is 21.8. The molecule has 0 radical (unpaired) electrons. The molecule has 2 N–H and O–H groups in total. The Bertz CT molecular complexity index is 542. The molecule has 204 valence electrons. The maximum absolute atomic E-state index is 10.1. The molecule has 4 aliphatic rings. The van der Waals surface area contributed by atoms with Crippen LogP contribution in [-0.2, 0) is 28.4 Å². The number of aliphatic hydroxyl groups is 2. The Morgan fingerprint density at radius 1 is 0.657 bits per heavy atom. The summed E-state index contributed by atoms with van der Waals surface area (Å²) in [7, 11) is 0. The van der Waals surface area contributed by atoms with Crippen LogP contribution in [-0.4, -0.2) is 99.7 Å². The molecule has 0 aromatic carbocycles. The van der Waals surface area contributed by atoms with Gasteiger partial charge in [-0.2, -0.15) is 0 Å². The van der Waals surface area contributed by atoms with Crippen LogP contribution in [0.3, 0.4) is 0 Å². The van der Waals surface area contributed by atoms with E-state index in [9.17, 15) is 10.2 Å². The van der Waals surface area contributed by atoms with Crippen molar-refractivity contribution in [3.8, 4) is 0 Å². The number of rotatable bonds is 16. The largest absolute Gasteiger partial charge is 0.388 e. The number of aliphatic hydroxyl groups excluding tert-OH is 2. The first kappa shape index (κ1) is 27.7. The van der Waals surface area contributed by atoms with Crippen LogP contribution in [0.15, 0.2) is 0 Å². The second-order valence-electron chi connectivity index (χ2n) is 11.7. The number of hydrogen-bond acceptors (Lipinski definition) is 8. The van der Waals surface area contributed by atoms with Crippen molar-refractivity contribution in [3.63, 3.8) is 0 Å². The third kappa shape index (κ3) is 9.49. The molecule has 8 nitrogen and oxygen atoms in total. The van der Waals surface area contributed by atoms with E-state index in [0.29, 0.717) is 56.9 Å². The third-order valence-electron chi connectivity index (χ3n) is 8.53. The van der Waals surface area contributed by atoms with E-state index in [1.807, 2.05) is 0 Å². The lowest BCUT2D eigenvalue weighted by Crippen LogP contribution is -2.39. The molecule has 0 bridgehead atoms. The molecule has 4 atom stereocenters. The van der Waals surface area contributed by atoms with Gasteiger partial charge >= 0.3 is 0 Å². The van der Waals surface area contributed by atoms with Gasteiger partial charge in [0.05, 0.1) is 65.1 Å². The lowest BCUT2D eigenvalue weighted by atomic mass is 9.60. The van der Waals surface area contributed by atoms with E-state index >= 15 is 0 Å². The summed E-state index contributed by atoms with van der Waals surface area (Å²) in [5.41, 5.74) is 0.312. The first-order valence-electron chi connectivity index (χ1n) is 13.9. The van der Waals surface area contributed by atoms with Crippen LogP contribution in [0.25, 0.3) is 0 Å². The summed E-state index contributed by atoms with van der Waals surface area (Å²) in [6.07, 6.45) is 8.89. The second-order valence-corrected chi connectivity index (χ2v) is 11.7. The summed E-state index contributed by atoms with van der Waals surface area (Å²) in [4.78, 5) is 0. The van der Waals surface area contributed by atoms with Gasteiger partial charge in [-0.25, -0.2) is 0 Å². The summed E-state index contributed by atoms with van der Waals surface area (Å²) < 4.78 is 33.2. The highest BCUT2D eigenvalue weighted by Crippen LogP contribution is 2.48. The molecule has 0 aromatic rings. The molecule has 0 aromatic heterocycles. The fourth-order valence-corrected chi connectivity index (χ4v) is 5.87. The molecule has 35 heavy (non-hydrogen) atoms. The minimum absolute atomic E-state index is 0.231. The van der Waals surface area contributed by atoms with Gasteiger partial charge in [0.15, 0.2) is 0 Å². The van der Waals surface area contributed by atoms with E-state index in [4.69, 9.17) is 28.4 Å². The molecule has 2 aliphatic carbocycles. The Morgan fingerprint density at radius 2 is 1.03 bits per heavy atom. The monoisotopic (exact) mass is 500 g/mol. The normalized spacial score (nSPS) is 35.0. The fourth-order valence-electron chi connectivity index (χ4n) is 5.87. The van der Waals surface area contributed by atoms with Crippen molar-refractivity contribution in [1.29, 1.82) is 0 Å². The zero-order valence-corrected chi connectivity index (χ0v) is 21.8. The first-order valence-corrected chi connectivity index (χ1v) is 13.9. The number of ether oxygens (including phenoxy) is 6. The summed E-state index contributed by atoms with van der Waals surface area (Å²) in [6.45, 7) is 8.94. The fraction of sp³-hybridized carbons (Fsp3) is 1.00. The SMILES string of the molecule is CC(C)(C1CCC(OCC(O)COCC2CO2)CC1)C1CCC(OCC(O)COCC2CO2)CC1. The van der Waals surface area contributed by atoms with E-state index in [1.165, 1.54) is 25.7 Å². The van der Waals surface area contributed by atoms with Crippen molar-refractivity contribution >= 4 is 0 Å². The van der Waals surface area contributed by atoms with Gasteiger partial charge in [0.2, 0.25) is 0 Å². The van der Waals surface area contributed by atoms with Crippen LogP contribution in [0.1, 0.15) is 65.2 Å². The van der Waals surface area contributed by atoms with Crippen LogP contribution in [0.4, 0.5) is 0 Å². The molecule has 8 heteroatoms. The molecule has 0 amide bonds. The van der Waals surface area contributed by atoms with Gasteiger partial charge in [0, 0.05) is 0 Å².